The fourth-order valence-electron chi connectivity index (χ4n) is 3.01. The maximum absolute atomic E-state index is 12.1. The lowest BCUT2D eigenvalue weighted by Gasteiger charge is -2.38. The van der Waals surface area contributed by atoms with Crippen LogP contribution in [-0.4, -0.2) is 49.0 Å². The van der Waals surface area contributed by atoms with Gasteiger partial charge in [0, 0.05) is 24.6 Å². The highest BCUT2D eigenvalue weighted by Gasteiger charge is 2.36. The van der Waals surface area contributed by atoms with Crippen LogP contribution in [0.25, 0.3) is 0 Å². The predicted octanol–water partition coefficient (Wildman–Crippen LogP) is 4.28. The van der Waals surface area contributed by atoms with E-state index in [-0.39, 0.29) is 17.7 Å². The van der Waals surface area contributed by atoms with Gasteiger partial charge in [-0.15, -0.1) is 13.2 Å². The van der Waals surface area contributed by atoms with Crippen molar-refractivity contribution in [3.05, 3.63) is 24.3 Å². The molecule has 2 N–H and O–H groups in total. The zero-order valence-electron chi connectivity index (χ0n) is 16.7. The molecule has 9 heteroatoms. The van der Waals surface area contributed by atoms with Crippen molar-refractivity contribution in [2.45, 2.75) is 52.4 Å². The number of alkyl halides is 3. The number of likely N-dealkylation sites (tertiary alicyclic amines) is 1. The van der Waals surface area contributed by atoms with Crippen LogP contribution in [0.4, 0.5) is 23.7 Å². The van der Waals surface area contributed by atoms with Crippen molar-refractivity contribution in [2.75, 3.05) is 25.5 Å². The molecule has 1 aromatic rings. The number of urea groups is 1. The summed E-state index contributed by atoms with van der Waals surface area (Å²) in [6, 6.07) is 4.44. The normalized spacial score (nSPS) is 21.8. The molecule has 0 unspecified atom stereocenters. The Bertz CT molecular complexity index is 640. The maximum atomic E-state index is 12.1. The quantitative estimate of drug-likeness (QED) is 0.736. The van der Waals surface area contributed by atoms with Gasteiger partial charge in [-0.1, -0.05) is 20.8 Å². The van der Waals surface area contributed by atoms with Crippen LogP contribution in [0.1, 0.15) is 40.0 Å². The van der Waals surface area contributed by atoms with Crippen molar-refractivity contribution < 1.29 is 32.0 Å². The number of carbonyl (C=O) groups is 2. The van der Waals surface area contributed by atoms with E-state index < -0.39 is 12.4 Å². The maximum Gasteiger partial charge on any atom is 0.573 e. The Balaban J connectivity index is 0.00000190. The highest BCUT2D eigenvalue weighted by molar-refractivity contribution is 5.89. The van der Waals surface area contributed by atoms with E-state index in [9.17, 15) is 22.8 Å². The lowest BCUT2D eigenvalue weighted by atomic mass is 10.0. The molecule has 0 radical (unpaired) electrons. The molecule has 2 rings (SSSR count). The van der Waals surface area contributed by atoms with Crippen LogP contribution in [-0.2, 0) is 4.79 Å². The van der Waals surface area contributed by atoms with Crippen LogP contribution >= 0.6 is 0 Å². The Hall–Kier alpha value is -2.29. The first-order valence-corrected chi connectivity index (χ1v) is 9.42. The summed E-state index contributed by atoms with van der Waals surface area (Å²) in [4.78, 5) is 24.0. The molecule has 1 heterocycles. The van der Waals surface area contributed by atoms with Gasteiger partial charge in [0.05, 0.1) is 26.6 Å². The molecule has 1 aliphatic heterocycles. The molecular formula is C19H29F3N3O3+. The van der Waals surface area contributed by atoms with Crippen LogP contribution in [0.5, 0.6) is 5.75 Å². The molecule has 28 heavy (non-hydrogen) atoms. The predicted molar refractivity (Wildman–Crippen MR) is 101 cm³/mol. The van der Waals surface area contributed by atoms with Gasteiger partial charge in [0.2, 0.25) is 0 Å². The highest BCUT2D eigenvalue weighted by atomic mass is 19.4. The van der Waals surface area contributed by atoms with Crippen LogP contribution in [0.3, 0.4) is 0 Å². The summed E-state index contributed by atoms with van der Waals surface area (Å²) in [6.07, 6.45) is -2.88. The third-order valence-corrected chi connectivity index (χ3v) is 4.53. The monoisotopic (exact) mass is 404 g/mol. The Kier molecular flexibility index (Phi) is 8.74. The molecule has 1 aliphatic rings. The minimum absolute atomic E-state index is 0.0429. The fraction of sp³-hybridized carbons (Fsp3) is 0.579. The molecular weight excluding hydrogens is 375 g/mol. The van der Waals surface area contributed by atoms with Gasteiger partial charge in [0.15, 0.2) is 0 Å². The van der Waals surface area contributed by atoms with Crippen LogP contribution in [0.2, 0.25) is 0 Å². The molecule has 0 saturated carbocycles. The summed E-state index contributed by atoms with van der Waals surface area (Å²) in [5.41, 5.74) is 0.356. The van der Waals surface area contributed by atoms with E-state index in [4.69, 9.17) is 0 Å². The molecule has 0 aliphatic carbocycles. The summed E-state index contributed by atoms with van der Waals surface area (Å²) < 4.78 is 40.5. The second-order valence-electron chi connectivity index (χ2n) is 6.54. The molecule has 158 valence electrons. The van der Waals surface area contributed by atoms with E-state index in [2.05, 4.69) is 15.4 Å². The molecule has 6 nitrogen and oxygen atoms in total. The van der Waals surface area contributed by atoms with Crippen molar-refractivity contribution in [2.24, 2.45) is 0 Å². The van der Waals surface area contributed by atoms with E-state index in [0.29, 0.717) is 42.5 Å². The smallest absolute Gasteiger partial charge is 0.406 e. The Labute approximate surface area is 163 Å². The van der Waals surface area contributed by atoms with Crippen LogP contribution in [0.15, 0.2) is 24.3 Å². The highest BCUT2D eigenvalue weighted by Crippen LogP contribution is 2.24. The molecule has 1 saturated heterocycles. The first kappa shape index (κ1) is 23.7. The summed E-state index contributed by atoms with van der Waals surface area (Å²) in [7, 11) is 1.91. The Morgan fingerprint density at radius 3 is 2.14 bits per heavy atom. The van der Waals surface area contributed by atoms with Crippen molar-refractivity contribution in [1.29, 1.82) is 0 Å². The van der Waals surface area contributed by atoms with E-state index in [0.717, 1.165) is 12.1 Å². The average molecular weight is 404 g/mol. The lowest BCUT2D eigenvalue weighted by molar-refractivity contribution is -0.840. The van der Waals surface area contributed by atoms with Gasteiger partial charge in [-0.3, -0.25) is 4.48 Å². The van der Waals surface area contributed by atoms with E-state index in [1.807, 2.05) is 27.8 Å². The van der Waals surface area contributed by atoms with E-state index >= 15 is 0 Å². The number of carbonyl (C=O) groups excluding carboxylic acids is 2. The number of amides is 3. The summed E-state index contributed by atoms with van der Waals surface area (Å²) in [5, 5.41) is 5.41. The van der Waals surface area contributed by atoms with Gasteiger partial charge in [0.25, 0.3) is 0 Å². The largest absolute Gasteiger partial charge is 0.573 e. The van der Waals surface area contributed by atoms with E-state index in [1.165, 1.54) is 12.1 Å². The van der Waals surface area contributed by atoms with E-state index in [1.54, 1.807) is 0 Å². The molecule has 0 bridgehead atoms. The summed E-state index contributed by atoms with van der Waals surface area (Å²) in [6.45, 7) is 7.18. The van der Waals surface area contributed by atoms with Crippen LogP contribution < -0.4 is 15.4 Å². The standard InChI is InChI=1S/C17H22F3N3O3.C2H6/c1-3-15(24)23(2)10-8-13(9-11-23)22-16(25)21-12-4-6-14(7-5-12)26-17(18,19)20;1-2/h4-7,13H,3,8-11H2,1-2H3,(H-,21,22,25);1-2H3/p+1. The number of piperidine rings is 1. The third kappa shape index (κ3) is 7.38. The fourth-order valence-corrected chi connectivity index (χ4v) is 3.01. The van der Waals surface area contributed by atoms with Crippen molar-refractivity contribution in [1.82, 2.24) is 5.32 Å². The number of benzene rings is 1. The van der Waals surface area contributed by atoms with Gasteiger partial charge in [0.1, 0.15) is 5.75 Å². The topological polar surface area (TPSA) is 67.4 Å². The van der Waals surface area contributed by atoms with Crippen molar-refractivity contribution >= 4 is 17.6 Å². The van der Waals surface area contributed by atoms with Gasteiger partial charge >= 0.3 is 18.3 Å². The molecule has 1 fully saturated rings. The molecule has 0 spiro atoms. The number of hydrogen-bond acceptors (Lipinski definition) is 3. The van der Waals surface area contributed by atoms with Crippen LogP contribution in [0, 0.1) is 0 Å². The van der Waals surface area contributed by atoms with Gasteiger partial charge in [-0.2, -0.15) is 0 Å². The van der Waals surface area contributed by atoms with Crippen molar-refractivity contribution in [3.63, 3.8) is 0 Å². The first-order chi connectivity index (χ1) is 13.1. The van der Waals surface area contributed by atoms with Crippen molar-refractivity contribution in [3.8, 4) is 5.75 Å². The first-order valence-electron chi connectivity index (χ1n) is 9.42. The summed E-state index contributed by atoms with van der Waals surface area (Å²) >= 11 is 0. The molecule has 1 aromatic carbocycles. The van der Waals surface area contributed by atoms with Gasteiger partial charge in [-0.05, 0) is 24.3 Å². The minimum atomic E-state index is -4.75. The Morgan fingerprint density at radius 2 is 1.68 bits per heavy atom. The Morgan fingerprint density at radius 1 is 1.14 bits per heavy atom. The zero-order chi connectivity index (χ0) is 21.4. The zero-order valence-corrected chi connectivity index (χ0v) is 16.7. The number of hydrogen-bond donors (Lipinski definition) is 2. The number of ether oxygens (including phenoxy) is 1. The second-order valence-corrected chi connectivity index (χ2v) is 6.54. The SMILES string of the molecule is CC.CCC(=O)[N+]1(C)CCC(NC(=O)Nc2ccc(OC(F)(F)F)cc2)CC1. The molecule has 0 atom stereocenters. The number of quaternary nitrogens is 1. The number of nitrogens with zero attached hydrogens (tertiary/aromatic N) is 1. The minimum Gasteiger partial charge on any atom is -0.406 e. The third-order valence-electron chi connectivity index (χ3n) is 4.53. The molecule has 0 aromatic heterocycles. The number of anilines is 1. The van der Waals surface area contributed by atoms with Gasteiger partial charge < -0.3 is 15.4 Å². The number of nitrogens with one attached hydrogen (secondary N) is 2. The average Bonchev–Trinajstić information content (AvgIpc) is 2.65. The molecule has 3 amide bonds. The second kappa shape index (κ2) is 10.3. The lowest BCUT2D eigenvalue weighted by Crippen LogP contribution is -2.57. The summed E-state index contributed by atoms with van der Waals surface area (Å²) in [5.74, 6) is -0.164. The number of halogens is 3. The number of rotatable bonds is 4. The van der Waals surface area contributed by atoms with Gasteiger partial charge in [-0.25, -0.2) is 9.59 Å².